The van der Waals surface area contributed by atoms with Crippen LogP contribution in [0.15, 0.2) is 0 Å². The van der Waals surface area contributed by atoms with Crippen LogP contribution in [0.2, 0.25) is 0 Å². The third kappa shape index (κ3) is 8.45. The van der Waals surface area contributed by atoms with Crippen LogP contribution in [-0.4, -0.2) is 23.0 Å². The van der Waals surface area contributed by atoms with E-state index in [1.165, 1.54) is 0 Å². The molecule has 1 nitrogen and oxygen atoms in total. The minimum Gasteiger partial charge on any atom is -0.393 e. The number of hydrogen-bond donors (Lipinski definition) is 1. The van der Waals surface area contributed by atoms with E-state index in [9.17, 15) is 5.11 Å². The highest BCUT2D eigenvalue weighted by molar-refractivity contribution is 6.18. The zero-order valence-electron chi connectivity index (χ0n) is 6.73. The highest BCUT2D eigenvalue weighted by Gasteiger charge is 2.01. The standard InChI is InChI=1S/C8H16Cl2O/c9-6-3-1-2-4-8(11)5-7-10/h8,11H,1-7H2. The van der Waals surface area contributed by atoms with Crippen molar-refractivity contribution in [1.29, 1.82) is 0 Å². The van der Waals surface area contributed by atoms with Gasteiger partial charge in [0.05, 0.1) is 6.10 Å². The molecule has 0 aromatic carbocycles. The average Bonchev–Trinajstić information content (AvgIpc) is 1.99. The SMILES string of the molecule is OC(CCCl)CCCCCCl. The van der Waals surface area contributed by atoms with E-state index >= 15 is 0 Å². The van der Waals surface area contributed by atoms with Crippen molar-refractivity contribution >= 4 is 23.2 Å². The van der Waals surface area contributed by atoms with Gasteiger partial charge in [0.1, 0.15) is 0 Å². The summed E-state index contributed by atoms with van der Waals surface area (Å²) >= 11 is 10.9. The maximum atomic E-state index is 9.23. The predicted octanol–water partition coefficient (Wildman–Crippen LogP) is 2.78. The second kappa shape index (κ2) is 8.63. The highest BCUT2D eigenvalue weighted by atomic mass is 35.5. The van der Waals surface area contributed by atoms with Gasteiger partial charge in [0, 0.05) is 11.8 Å². The monoisotopic (exact) mass is 198 g/mol. The van der Waals surface area contributed by atoms with Crippen LogP contribution in [0.5, 0.6) is 0 Å². The van der Waals surface area contributed by atoms with E-state index < -0.39 is 0 Å². The lowest BCUT2D eigenvalue weighted by molar-refractivity contribution is 0.157. The third-order valence-electron chi connectivity index (χ3n) is 1.61. The quantitative estimate of drug-likeness (QED) is 0.493. The van der Waals surface area contributed by atoms with Crippen molar-refractivity contribution in [2.75, 3.05) is 11.8 Å². The molecule has 0 bridgehead atoms. The summed E-state index contributed by atoms with van der Waals surface area (Å²) in [5.41, 5.74) is 0. The summed E-state index contributed by atoms with van der Waals surface area (Å²) in [6, 6.07) is 0. The Kier molecular flexibility index (Phi) is 9.06. The molecule has 0 aliphatic carbocycles. The summed E-state index contributed by atoms with van der Waals surface area (Å²) < 4.78 is 0. The molecule has 3 heteroatoms. The van der Waals surface area contributed by atoms with Gasteiger partial charge in [-0.25, -0.2) is 0 Å². The molecule has 0 aromatic heterocycles. The molecule has 0 amide bonds. The Bertz CT molecular complexity index is 78.5. The first-order valence-corrected chi connectivity index (χ1v) is 5.18. The van der Waals surface area contributed by atoms with Crippen LogP contribution in [0.4, 0.5) is 0 Å². The van der Waals surface area contributed by atoms with Crippen LogP contribution < -0.4 is 0 Å². The average molecular weight is 199 g/mol. The summed E-state index contributed by atoms with van der Waals surface area (Å²) in [4.78, 5) is 0. The van der Waals surface area contributed by atoms with E-state index in [-0.39, 0.29) is 6.10 Å². The molecule has 0 saturated heterocycles. The van der Waals surface area contributed by atoms with Gasteiger partial charge in [0.15, 0.2) is 0 Å². The van der Waals surface area contributed by atoms with E-state index in [1.54, 1.807) is 0 Å². The van der Waals surface area contributed by atoms with Crippen molar-refractivity contribution in [1.82, 2.24) is 0 Å². The summed E-state index contributed by atoms with van der Waals surface area (Å²) in [6.45, 7) is 0. The summed E-state index contributed by atoms with van der Waals surface area (Å²) in [5, 5.41) is 9.23. The van der Waals surface area contributed by atoms with Gasteiger partial charge in [0.2, 0.25) is 0 Å². The van der Waals surface area contributed by atoms with Gasteiger partial charge in [-0.2, -0.15) is 0 Å². The highest BCUT2D eigenvalue weighted by Crippen LogP contribution is 2.07. The largest absolute Gasteiger partial charge is 0.393 e. The minimum atomic E-state index is -0.206. The van der Waals surface area contributed by atoms with Crippen molar-refractivity contribution in [3.05, 3.63) is 0 Å². The molecule has 68 valence electrons. The lowest BCUT2D eigenvalue weighted by atomic mass is 10.1. The van der Waals surface area contributed by atoms with Gasteiger partial charge < -0.3 is 5.11 Å². The van der Waals surface area contributed by atoms with Crippen LogP contribution in [-0.2, 0) is 0 Å². The smallest absolute Gasteiger partial charge is 0.0551 e. The van der Waals surface area contributed by atoms with Crippen LogP contribution in [0, 0.1) is 0 Å². The van der Waals surface area contributed by atoms with E-state index in [1.807, 2.05) is 0 Å². The number of alkyl halides is 2. The zero-order chi connectivity index (χ0) is 8.53. The summed E-state index contributed by atoms with van der Waals surface area (Å²) in [5.74, 6) is 1.28. The molecule has 0 aliphatic heterocycles. The molecule has 0 aliphatic rings. The van der Waals surface area contributed by atoms with Gasteiger partial charge in [-0.1, -0.05) is 12.8 Å². The Labute approximate surface area is 78.7 Å². The molecule has 0 radical (unpaired) electrons. The maximum absolute atomic E-state index is 9.23. The van der Waals surface area contributed by atoms with E-state index in [0.29, 0.717) is 12.3 Å². The van der Waals surface area contributed by atoms with Crippen LogP contribution in [0.3, 0.4) is 0 Å². The Balaban J connectivity index is 2.97. The number of aliphatic hydroxyl groups excluding tert-OH is 1. The fourth-order valence-corrected chi connectivity index (χ4v) is 1.36. The minimum absolute atomic E-state index is 0.206. The van der Waals surface area contributed by atoms with Crippen molar-refractivity contribution in [2.24, 2.45) is 0 Å². The molecule has 0 heterocycles. The molecule has 1 N–H and O–H groups in total. The lowest BCUT2D eigenvalue weighted by Gasteiger charge is -2.06. The molecule has 0 rings (SSSR count). The normalized spacial score (nSPS) is 13.4. The van der Waals surface area contributed by atoms with Gasteiger partial charge >= 0.3 is 0 Å². The summed E-state index contributed by atoms with van der Waals surface area (Å²) in [6.07, 6.45) is 4.59. The van der Waals surface area contributed by atoms with Crippen LogP contribution in [0.1, 0.15) is 32.1 Å². The number of hydrogen-bond acceptors (Lipinski definition) is 1. The summed E-state index contributed by atoms with van der Waals surface area (Å²) in [7, 11) is 0. The molecule has 0 aromatic rings. The Morgan fingerprint density at radius 2 is 1.64 bits per heavy atom. The van der Waals surface area contributed by atoms with Crippen molar-refractivity contribution < 1.29 is 5.11 Å². The molecule has 1 unspecified atom stereocenters. The van der Waals surface area contributed by atoms with Crippen molar-refractivity contribution in [3.8, 4) is 0 Å². The molecule has 0 spiro atoms. The number of rotatable bonds is 7. The Hall–Kier alpha value is 0.540. The maximum Gasteiger partial charge on any atom is 0.0551 e. The number of unbranched alkanes of at least 4 members (excludes halogenated alkanes) is 2. The lowest BCUT2D eigenvalue weighted by Crippen LogP contribution is -2.06. The second-order valence-electron chi connectivity index (χ2n) is 2.67. The van der Waals surface area contributed by atoms with E-state index in [4.69, 9.17) is 23.2 Å². The first kappa shape index (κ1) is 11.5. The topological polar surface area (TPSA) is 20.2 Å². The molecular weight excluding hydrogens is 183 g/mol. The van der Waals surface area contributed by atoms with Crippen LogP contribution in [0.25, 0.3) is 0 Å². The second-order valence-corrected chi connectivity index (χ2v) is 3.43. The molecule has 0 saturated carbocycles. The van der Waals surface area contributed by atoms with Gasteiger partial charge in [-0.3, -0.25) is 0 Å². The van der Waals surface area contributed by atoms with Gasteiger partial charge in [-0.05, 0) is 19.3 Å². The Morgan fingerprint density at radius 1 is 0.909 bits per heavy atom. The van der Waals surface area contributed by atoms with Crippen LogP contribution >= 0.6 is 23.2 Å². The van der Waals surface area contributed by atoms with Crippen molar-refractivity contribution in [3.63, 3.8) is 0 Å². The Morgan fingerprint density at radius 3 is 2.18 bits per heavy atom. The fraction of sp³-hybridized carbons (Fsp3) is 1.00. The molecule has 1 atom stereocenters. The molecule has 0 fully saturated rings. The van der Waals surface area contributed by atoms with E-state index in [0.717, 1.165) is 31.6 Å². The van der Waals surface area contributed by atoms with Gasteiger partial charge in [0.25, 0.3) is 0 Å². The zero-order valence-corrected chi connectivity index (χ0v) is 8.24. The predicted molar refractivity (Wildman–Crippen MR) is 50.5 cm³/mol. The number of aliphatic hydroxyl groups is 1. The van der Waals surface area contributed by atoms with Gasteiger partial charge in [-0.15, -0.1) is 23.2 Å². The van der Waals surface area contributed by atoms with Crippen molar-refractivity contribution in [2.45, 2.75) is 38.2 Å². The number of halogens is 2. The molecule has 11 heavy (non-hydrogen) atoms. The fourth-order valence-electron chi connectivity index (χ4n) is 0.922. The first-order chi connectivity index (χ1) is 5.31. The third-order valence-corrected chi connectivity index (χ3v) is 2.10. The molecular formula is C8H16Cl2O. The first-order valence-electron chi connectivity index (χ1n) is 4.11. The van der Waals surface area contributed by atoms with E-state index in [2.05, 4.69) is 0 Å².